The molecule has 0 aromatic heterocycles. The Balaban J connectivity index is 1.47. The van der Waals surface area contributed by atoms with E-state index >= 15 is 0 Å². The molecule has 2 aromatic rings. The van der Waals surface area contributed by atoms with Crippen molar-refractivity contribution in [3.05, 3.63) is 70.8 Å². The molecule has 0 aliphatic carbocycles. The molecule has 2 aromatic carbocycles. The van der Waals surface area contributed by atoms with Crippen LogP contribution in [0.25, 0.3) is 0 Å². The van der Waals surface area contributed by atoms with E-state index in [9.17, 15) is 4.79 Å². The normalized spacial score (nSPS) is 13.5. The van der Waals surface area contributed by atoms with Crippen molar-refractivity contribution in [2.45, 2.75) is 52.7 Å². The Morgan fingerprint density at radius 1 is 1.04 bits per heavy atom. The van der Waals surface area contributed by atoms with Gasteiger partial charge in [-0.25, -0.2) is 0 Å². The summed E-state index contributed by atoms with van der Waals surface area (Å²) < 4.78 is 0. The second-order valence-corrected chi connectivity index (χ2v) is 7.61. The number of carbonyl (C=O) groups is 1. The van der Waals surface area contributed by atoms with Gasteiger partial charge in [0.05, 0.1) is 0 Å². The molecule has 1 aliphatic rings. The van der Waals surface area contributed by atoms with Crippen LogP contribution in [0.15, 0.2) is 48.5 Å². The Hall–Kier alpha value is -2.13. The van der Waals surface area contributed by atoms with Gasteiger partial charge in [0.2, 0.25) is 5.91 Å². The van der Waals surface area contributed by atoms with E-state index in [1.807, 2.05) is 19.9 Å². The molecule has 3 heteroatoms. The highest BCUT2D eigenvalue weighted by atomic mass is 16.2. The second kappa shape index (κ2) is 7.83. The van der Waals surface area contributed by atoms with E-state index in [1.165, 1.54) is 22.3 Å². The Labute approximate surface area is 150 Å². The maximum atomic E-state index is 12.6. The van der Waals surface area contributed by atoms with E-state index in [4.69, 9.17) is 0 Å². The molecule has 0 radical (unpaired) electrons. The van der Waals surface area contributed by atoms with Gasteiger partial charge in [0, 0.05) is 25.0 Å². The molecular weight excluding hydrogens is 308 g/mol. The lowest BCUT2D eigenvalue weighted by Gasteiger charge is -2.23. The number of nitrogens with one attached hydrogen (secondary N) is 2. The van der Waals surface area contributed by atoms with Crippen LogP contribution in [0, 0.1) is 5.41 Å². The number of hydrogen-bond donors (Lipinski definition) is 2. The summed E-state index contributed by atoms with van der Waals surface area (Å²) in [5.74, 6) is 0.138. The van der Waals surface area contributed by atoms with Crippen LogP contribution in [0.2, 0.25) is 0 Å². The van der Waals surface area contributed by atoms with Crippen molar-refractivity contribution in [2.75, 3.05) is 0 Å². The van der Waals surface area contributed by atoms with Gasteiger partial charge in [-0.2, -0.15) is 0 Å². The zero-order chi connectivity index (χ0) is 17.7. The predicted octanol–water partition coefficient (Wildman–Crippen LogP) is 3.96. The van der Waals surface area contributed by atoms with Crippen LogP contribution in [0.5, 0.6) is 0 Å². The van der Waals surface area contributed by atoms with Gasteiger partial charge in [0.1, 0.15) is 0 Å². The van der Waals surface area contributed by atoms with E-state index in [1.54, 1.807) is 0 Å². The predicted molar refractivity (Wildman–Crippen MR) is 102 cm³/mol. The summed E-state index contributed by atoms with van der Waals surface area (Å²) in [7, 11) is 0. The molecule has 0 spiro atoms. The Morgan fingerprint density at radius 3 is 2.60 bits per heavy atom. The summed E-state index contributed by atoms with van der Waals surface area (Å²) in [5.41, 5.74) is 4.90. The lowest BCUT2D eigenvalue weighted by Crippen LogP contribution is -2.36. The van der Waals surface area contributed by atoms with Gasteiger partial charge in [-0.3, -0.25) is 4.79 Å². The van der Waals surface area contributed by atoms with Crippen molar-refractivity contribution in [1.29, 1.82) is 0 Å². The highest BCUT2D eigenvalue weighted by Gasteiger charge is 2.26. The van der Waals surface area contributed by atoms with Crippen LogP contribution in [0.1, 0.15) is 48.9 Å². The first-order valence-electron chi connectivity index (χ1n) is 9.18. The Bertz CT molecular complexity index is 722. The lowest BCUT2D eigenvalue weighted by molar-refractivity contribution is -0.129. The summed E-state index contributed by atoms with van der Waals surface area (Å²) in [5, 5.41) is 6.47. The van der Waals surface area contributed by atoms with Gasteiger partial charge in [-0.1, -0.05) is 62.4 Å². The molecule has 25 heavy (non-hydrogen) atoms. The second-order valence-electron chi connectivity index (χ2n) is 7.61. The first-order valence-corrected chi connectivity index (χ1v) is 9.18. The van der Waals surface area contributed by atoms with E-state index < -0.39 is 0 Å². The molecule has 0 saturated heterocycles. The van der Waals surface area contributed by atoms with Crippen LogP contribution in [-0.4, -0.2) is 5.91 Å². The van der Waals surface area contributed by atoms with Crippen molar-refractivity contribution in [2.24, 2.45) is 5.41 Å². The molecule has 0 atom stereocenters. The third-order valence-electron chi connectivity index (χ3n) is 5.08. The summed E-state index contributed by atoms with van der Waals surface area (Å²) >= 11 is 0. The number of aryl methyl sites for hydroxylation is 1. The van der Waals surface area contributed by atoms with Crippen LogP contribution in [0.3, 0.4) is 0 Å². The fraction of sp³-hybridized carbons (Fsp3) is 0.409. The van der Waals surface area contributed by atoms with Gasteiger partial charge in [0.25, 0.3) is 0 Å². The smallest absolute Gasteiger partial charge is 0.225 e. The third kappa shape index (κ3) is 4.70. The molecule has 2 N–H and O–H groups in total. The van der Waals surface area contributed by atoms with E-state index in [2.05, 4.69) is 53.1 Å². The van der Waals surface area contributed by atoms with Crippen LogP contribution >= 0.6 is 0 Å². The van der Waals surface area contributed by atoms with E-state index in [0.29, 0.717) is 6.54 Å². The van der Waals surface area contributed by atoms with Crippen molar-refractivity contribution in [3.8, 4) is 0 Å². The first-order chi connectivity index (χ1) is 12.0. The fourth-order valence-corrected chi connectivity index (χ4v) is 3.37. The minimum atomic E-state index is -0.340. The molecule has 0 fully saturated rings. The molecule has 0 bridgehead atoms. The zero-order valence-corrected chi connectivity index (χ0v) is 15.3. The summed E-state index contributed by atoms with van der Waals surface area (Å²) in [6, 6.07) is 17.0. The Morgan fingerprint density at radius 2 is 1.80 bits per heavy atom. The minimum Gasteiger partial charge on any atom is -0.352 e. The first kappa shape index (κ1) is 17.7. The molecule has 3 nitrogen and oxygen atoms in total. The average Bonchev–Trinajstić information content (AvgIpc) is 3.08. The van der Waals surface area contributed by atoms with Crippen molar-refractivity contribution in [3.63, 3.8) is 0 Å². The zero-order valence-electron chi connectivity index (χ0n) is 15.3. The number of benzene rings is 2. The van der Waals surface area contributed by atoms with Gasteiger partial charge in [-0.05, 0) is 41.5 Å². The maximum absolute atomic E-state index is 12.6. The van der Waals surface area contributed by atoms with Crippen molar-refractivity contribution in [1.82, 2.24) is 10.6 Å². The van der Waals surface area contributed by atoms with Gasteiger partial charge in [-0.15, -0.1) is 0 Å². The van der Waals surface area contributed by atoms with E-state index in [0.717, 1.165) is 32.4 Å². The number of hydrogen-bond acceptors (Lipinski definition) is 2. The molecule has 1 heterocycles. The van der Waals surface area contributed by atoms with Crippen LogP contribution < -0.4 is 10.6 Å². The van der Waals surface area contributed by atoms with Crippen molar-refractivity contribution >= 4 is 5.91 Å². The third-order valence-corrected chi connectivity index (χ3v) is 5.08. The molecule has 0 unspecified atom stereocenters. The topological polar surface area (TPSA) is 41.1 Å². The highest BCUT2D eigenvalue weighted by molar-refractivity contribution is 5.81. The highest BCUT2D eigenvalue weighted by Crippen LogP contribution is 2.24. The van der Waals surface area contributed by atoms with Gasteiger partial charge < -0.3 is 10.6 Å². The summed E-state index contributed by atoms with van der Waals surface area (Å²) in [6.45, 7) is 6.58. The van der Waals surface area contributed by atoms with Crippen LogP contribution in [0.4, 0.5) is 0 Å². The van der Waals surface area contributed by atoms with E-state index in [-0.39, 0.29) is 11.3 Å². The maximum Gasteiger partial charge on any atom is 0.225 e. The quantitative estimate of drug-likeness (QED) is 0.804. The van der Waals surface area contributed by atoms with Crippen molar-refractivity contribution < 1.29 is 4.79 Å². The molecule has 0 saturated carbocycles. The summed E-state index contributed by atoms with van der Waals surface area (Å²) in [6.07, 6.45) is 2.94. The number of rotatable bonds is 7. The number of amides is 1. The van der Waals surface area contributed by atoms with Gasteiger partial charge in [0.15, 0.2) is 0 Å². The molecule has 132 valence electrons. The average molecular weight is 336 g/mol. The SMILES string of the molecule is CC(C)(CCCc1ccccc1)C(=O)NCc1ccc2c(c1)CNC2. The Kier molecular flexibility index (Phi) is 5.54. The molecule has 3 rings (SSSR count). The monoisotopic (exact) mass is 336 g/mol. The number of fused-ring (bicyclic) bond motifs is 1. The molecule has 1 aliphatic heterocycles. The molecular formula is C22H28N2O. The van der Waals surface area contributed by atoms with Gasteiger partial charge >= 0.3 is 0 Å². The van der Waals surface area contributed by atoms with Crippen LogP contribution in [-0.2, 0) is 30.8 Å². The largest absolute Gasteiger partial charge is 0.352 e. The number of carbonyl (C=O) groups excluding carboxylic acids is 1. The standard InChI is InChI=1S/C22H28N2O/c1-22(2,12-6-9-17-7-4-3-5-8-17)21(25)24-14-18-10-11-19-15-23-16-20(19)13-18/h3-5,7-8,10-11,13,23H,6,9,12,14-16H2,1-2H3,(H,24,25). The lowest BCUT2D eigenvalue weighted by atomic mass is 9.85. The summed E-state index contributed by atoms with van der Waals surface area (Å²) in [4.78, 5) is 12.6. The fourth-order valence-electron chi connectivity index (χ4n) is 3.37. The minimum absolute atomic E-state index is 0.138. The molecule has 1 amide bonds.